The van der Waals surface area contributed by atoms with Crippen molar-refractivity contribution in [1.82, 2.24) is 14.3 Å². The third-order valence-corrected chi connectivity index (χ3v) is 3.98. The van der Waals surface area contributed by atoms with Crippen molar-refractivity contribution in [3.05, 3.63) is 39.0 Å². The Morgan fingerprint density at radius 2 is 2.22 bits per heavy atom. The van der Waals surface area contributed by atoms with Crippen LogP contribution in [0.1, 0.15) is 32.3 Å². The number of nitrogens with one attached hydrogen (secondary N) is 2. The van der Waals surface area contributed by atoms with Gasteiger partial charge in [0.2, 0.25) is 4.80 Å². The van der Waals surface area contributed by atoms with E-state index in [1.807, 2.05) is 19.9 Å². The van der Waals surface area contributed by atoms with Crippen molar-refractivity contribution in [3.63, 3.8) is 0 Å². The van der Waals surface area contributed by atoms with Gasteiger partial charge in [0.15, 0.2) is 0 Å². The molecular formula is C15H20N4O3S. The lowest BCUT2D eigenvalue weighted by Crippen LogP contribution is -2.29. The van der Waals surface area contributed by atoms with Crippen molar-refractivity contribution in [2.75, 3.05) is 13.7 Å². The Hall–Kier alpha value is -2.35. The number of nitrogens with zero attached hydrogens (tertiary/aromatic N) is 2. The molecule has 7 nitrogen and oxygen atoms in total. The van der Waals surface area contributed by atoms with Crippen LogP contribution in [0.25, 0.3) is 5.69 Å². The molecule has 0 saturated carbocycles. The molecule has 8 heteroatoms. The summed E-state index contributed by atoms with van der Waals surface area (Å²) in [4.78, 5) is 28.2. The number of aromatic amines is 1. The van der Waals surface area contributed by atoms with Gasteiger partial charge in [-0.3, -0.25) is 4.37 Å². The maximum Gasteiger partial charge on any atom is 0.343 e. The number of methoxy groups -OCH3 is 1. The van der Waals surface area contributed by atoms with E-state index in [2.05, 4.69) is 14.7 Å². The van der Waals surface area contributed by atoms with Gasteiger partial charge in [0, 0.05) is 6.54 Å². The Morgan fingerprint density at radius 1 is 1.48 bits per heavy atom. The quantitative estimate of drug-likeness (QED) is 0.895. The van der Waals surface area contributed by atoms with Crippen LogP contribution in [0.4, 0.5) is 4.79 Å². The minimum absolute atomic E-state index is 0.171. The van der Waals surface area contributed by atoms with Crippen molar-refractivity contribution in [2.45, 2.75) is 26.7 Å². The first-order chi connectivity index (χ1) is 11.0. The Balaban J connectivity index is 2.66. The molecule has 0 fully saturated rings. The molecule has 1 heterocycles. The first-order valence-electron chi connectivity index (χ1n) is 7.29. The van der Waals surface area contributed by atoms with Gasteiger partial charge < -0.3 is 10.1 Å². The molecule has 2 amide bonds. The number of rotatable bonds is 4. The van der Waals surface area contributed by atoms with Crippen LogP contribution in [-0.2, 0) is 0 Å². The summed E-state index contributed by atoms with van der Waals surface area (Å²) in [5.74, 6) is 0.885. The van der Waals surface area contributed by atoms with E-state index in [0.29, 0.717) is 22.8 Å². The highest BCUT2D eigenvalue weighted by Crippen LogP contribution is 2.26. The van der Waals surface area contributed by atoms with Gasteiger partial charge in [-0.25, -0.2) is 14.2 Å². The monoisotopic (exact) mass is 336 g/mol. The number of aromatic nitrogens is 2. The molecule has 0 saturated heterocycles. The Labute approximate surface area is 137 Å². The molecule has 0 radical (unpaired) electrons. The van der Waals surface area contributed by atoms with Gasteiger partial charge in [-0.1, -0.05) is 13.8 Å². The molecular weight excluding hydrogens is 316 g/mol. The maximum atomic E-state index is 12.2. The standard InChI is InChI=1S/C15H20N4O3S/c1-5-16-13(20)17-15-19(14(21)18-23-15)12-7-6-10(22-4)8-11(12)9(2)3/h6-9H,5H2,1-4H3,(H,16,20)(H,18,21). The second-order valence-corrected chi connectivity index (χ2v) is 5.93. The van der Waals surface area contributed by atoms with Crippen molar-refractivity contribution >= 4 is 17.6 Å². The predicted molar refractivity (Wildman–Crippen MR) is 89.5 cm³/mol. The molecule has 1 aromatic carbocycles. The fourth-order valence-electron chi connectivity index (χ4n) is 2.16. The van der Waals surface area contributed by atoms with Gasteiger partial charge in [0.25, 0.3) is 0 Å². The zero-order valence-corrected chi connectivity index (χ0v) is 14.4. The van der Waals surface area contributed by atoms with Crippen molar-refractivity contribution in [1.29, 1.82) is 0 Å². The third kappa shape index (κ3) is 3.70. The molecule has 0 spiro atoms. The molecule has 0 bridgehead atoms. The fourth-order valence-corrected chi connectivity index (χ4v) is 2.83. The van der Waals surface area contributed by atoms with Crippen LogP contribution in [0.2, 0.25) is 0 Å². The van der Waals surface area contributed by atoms with E-state index in [1.165, 1.54) is 4.57 Å². The molecule has 124 valence electrons. The number of urea groups is 1. The summed E-state index contributed by atoms with van der Waals surface area (Å²) in [6.45, 7) is 6.34. The number of hydrogen-bond acceptors (Lipinski definition) is 4. The Kier molecular flexibility index (Phi) is 5.38. The molecule has 1 aromatic heterocycles. The van der Waals surface area contributed by atoms with Crippen LogP contribution < -0.4 is 20.5 Å². The van der Waals surface area contributed by atoms with E-state index in [4.69, 9.17) is 4.74 Å². The number of carbonyl (C=O) groups excluding carboxylic acids is 1. The van der Waals surface area contributed by atoms with Gasteiger partial charge in [0.05, 0.1) is 12.8 Å². The molecule has 0 unspecified atom stereocenters. The van der Waals surface area contributed by atoms with E-state index in [1.54, 1.807) is 26.2 Å². The lowest BCUT2D eigenvalue weighted by Gasteiger charge is -2.14. The van der Waals surface area contributed by atoms with E-state index in [9.17, 15) is 9.59 Å². The summed E-state index contributed by atoms with van der Waals surface area (Å²) < 4.78 is 9.29. The van der Waals surface area contributed by atoms with Crippen LogP contribution >= 0.6 is 11.5 Å². The number of benzene rings is 1. The van der Waals surface area contributed by atoms with E-state index >= 15 is 0 Å². The number of amides is 2. The predicted octanol–water partition coefficient (Wildman–Crippen LogP) is 1.99. The minimum atomic E-state index is -0.476. The average molecular weight is 336 g/mol. The lowest BCUT2D eigenvalue weighted by atomic mass is 10.0. The average Bonchev–Trinajstić information content (AvgIpc) is 2.87. The minimum Gasteiger partial charge on any atom is -0.497 e. The number of ether oxygens (including phenoxy) is 1. The van der Waals surface area contributed by atoms with Crippen LogP contribution in [0.3, 0.4) is 0 Å². The highest BCUT2D eigenvalue weighted by molar-refractivity contribution is 7.02. The second kappa shape index (κ2) is 7.28. The fraction of sp³-hybridized carbons (Fsp3) is 0.400. The molecule has 0 aliphatic heterocycles. The first kappa shape index (κ1) is 17.0. The van der Waals surface area contributed by atoms with E-state index in [-0.39, 0.29) is 11.6 Å². The number of hydrogen-bond donors (Lipinski definition) is 2. The normalized spacial score (nSPS) is 11.8. The summed E-state index contributed by atoms with van der Waals surface area (Å²) in [6.07, 6.45) is 0. The second-order valence-electron chi connectivity index (χ2n) is 5.15. The highest BCUT2D eigenvalue weighted by Gasteiger charge is 2.14. The molecule has 0 aliphatic carbocycles. The molecule has 2 aromatic rings. The molecule has 0 atom stereocenters. The van der Waals surface area contributed by atoms with Gasteiger partial charge in [-0.2, -0.15) is 4.99 Å². The zero-order chi connectivity index (χ0) is 17.0. The number of carbonyl (C=O) groups is 1. The van der Waals surface area contributed by atoms with Gasteiger partial charge in [-0.05, 0) is 48.1 Å². The SMILES string of the molecule is CCNC(=O)N=c1s[nH]c(=O)n1-c1ccc(OC)cc1C(C)C. The van der Waals surface area contributed by atoms with Crippen LogP contribution in [0.5, 0.6) is 5.75 Å². The van der Waals surface area contributed by atoms with Crippen LogP contribution in [0, 0.1) is 0 Å². The highest BCUT2D eigenvalue weighted by atomic mass is 32.1. The Bertz CT molecular complexity index is 817. The zero-order valence-electron chi connectivity index (χ0n) is 13.5. The first-order valence-corrected chi connectivity index (χ1v) is 8.11. The summed E-state index contributed by atoms with van der Waals surface area (Å²) >= 11 is 1.02. The smallest absolute Gasteiger partial charge is 0.343 e. The van der Waals surface area contributed by atoms with Gasteiger partial charge in [0.1, 0.15) is 5.75 Å². The largest absolute Gasteiger partial charge is 0.497 e. The van der Waals surface area contributed by atoms with Crippen LogP contribution in [-0.4, -0.2) is 28.6 Å². The maximum absolute atomic E-state index is 12.2. The van der Waals surface area contributed by atoms with E-state index < -0.39 is 6.03 Å². The van der Waals surface area contributed by atoms with Crippen molar-refractivity contribution in [2.24, 2.45) is 4.99 Å². The van der Waals surface area contributed by atoms with Gasteiger partial charge in [-0.15, -0.1) is 0 Å². The molecule has 0 aliphatic rings. The lowest BCUT2D eigenvalue weighted by molar-refractivity contribution is 0.249. The third-order valence-electron chi connectivity index (χ3n) is 3.25. The summed E-state index contributed by atoms with van der Waals surface area (Å²) in [7, 11) is 1.60. The van der Waals surface area contributed by atoms with Crippen LogP contribution in [0.15, 0.2) is 28.0 Å². The molecule has 23 heavy (non-hydrogen) atoms. The summed E-state index contributed by atoms with van der Waals surface area (Å²) in [5, 5.41) is 2.59. The summed E-state index contributed by atoms with van der Waals surface area (Å²) in [5.41, 5.74) is 1.29. The van der Waals surface area contributed by atoms with Crippen molar-refractivity contribution in [3.8, 4) is 11.4 Å². The van der Waals surface area contributed by atoms with Crippen molar-refractivity contribution < 1.29 is 9.53 Å². The summed E-state index contributed by atoms with van der Waals surface area (Å²) in [6, 6.07) is 4.99. The number of H-pyrrole nitrogens is 1. The topological polar surface area (TPSA) is 88.5 Å². The Morgan fingerprint density at radius 3 is 2.83 bits per heavy atom. The van der Waals surface area contributed by atoms with E-state index in [0.717, 1.165) is 17.1 Å². The molecule has 2 N–H and O–H groups in total. The van der Waals surface area contributed by atoms with Gasteiger partial charge >= 0.3 is 11.7 Å². The molecule has 2 rings (SSSR count).